The number of carbonyl (C=O) groups excluding carboxylic acids is 1. The van der Waals surface area contributed by atoms with Crippen LogP contribution in [-0.2, 0) is 29.0 Å². The highest BCUT2D eigenvalue weighted by atomic mass is 35.5. The number of aromatic nitrogens is 2. The molecule has 2 aromatic heterocycles. The Labute approximate surface area is 179 Å². The maximum absolute atomic E-state index is 13.0. The lowest BCUT2D eigenvalue weighted by Crippen LogP contribution is -2.41. The molecular formula is C20H19ClN2O6S. The van der Waals surface area contributed by atoms with Crippen LogP contribution in [0, 0.1) is 6.92 Å². The van der Waals surface area contributed by atoms with Crippen molar-refractivity contribution in [3.05, 3.63) is 66.1 Å². The number of rotatable bonds is 7. The third kappa shape index (κ3) is 4.03. The quantitative estimate of drug-likeness (QED) is 0.554. The first-order valence-electron chi connectivity index (χ1n) is 9.15. The number of halogens is 1. The molecule has 0 aliphatic heterocycles. The van der Waals surface area contributed by atoms with Crippen LogP contribution in [0.5, 0.6) is 0 Å². The second kappa shape index (κ2) is 8.85. The smallest absolute Gasteiger partial charge is 0.348 e. The summed E-state index contributed by atoms with van der Waals surface area (Å²) in [6.45, 7) is 2.79. The van der Waals surface area contributed by atoms with Gasteiger partial charge in [-0.1, -0.05) is 29.8 Å². The lowest BCUT2D eigenvalue weighted by atomic mass is 10.1. The number of esters is 1. The van der Waals surface area contributed by atoms with Gasteiger partial charge in [0.15, 0.2) is 0 Å². The fraction of sp³-hybridized carbons (Fsp3) is 0.300. The van der Waals surface area contributed by atoms with E-state index < -0.39 is 29.7 Å². The topological polar surface area (TPSA) is 108 Å². The molecule has 158 valence electrons. The fourth-order valence-corrected chi connectivity index (χ4v) is 4.63. The predicted molar refractivity (Wildman–Crippen MR) is 114 cm³/mol. The van der Waals surface area contributed by atoms with Gasteiger partial charge in [0.25, 0.3) is 5.56 Å². The number of thiophene rings is 1. The third-order valence-corrected chi connectivity index (χ3v) is 6.27. The molecule has 1 N–H and O–H groups in total. The van der Waals surface area contributed by atoms with Crippen LogP contribution in [0.2, 0.25) is 5.02 Å². The van der Waals surface area contributed by atoms with Crippen molar-refractivity contribution in [2.75, 3.05) is 6.61 Å². The number of hydrogen-bond acceptors (Lipinski definition) is 6. The van der Waals surface area contributed by atoms with Crippen molar-refractivity contribution >= 4 is 45.1 Å². The van der Waals surface area contributed by atoms with Crippen molar-refractivity contribution < 1.29 is 19.4 Å². The highest BCUT2D eigenvalue weighted by molar-refractivity contribution is 7.20. The molecule has 0 amide bonds. The normalized spacial score (nSPS) is 11.0. The summed E-state index contributed by atoms with van der Waals surface area (Å²) in [5.41, 5.74) is -0.326. The van der Waals surface area contributed by atoms with Crippen LogP contribution in [0.25, 0.3) is 10.2 Å². The molecule has 30 heavy (non-hydrogen) atoms. The number of aliphatic carboxylic acids is 1. The zero-order valence-electron chi connectivity index (χ0n) is 16.3. The van der Waals surface area contributed by atoms with E-state index in [1.54, 1.807) is 26.0 Å². The Hall–Kier alpha value is -2.91. The van der Waals surface area contributed by atoms with Crippen LogP contribution in [0.1, 0.15) is 27.7 Å². The van der Waals surface area contributed by atoms with Crippen molar-refractivity contribution in [1.82, 2.24) is 9.13 Å². The third-order valence-electron chi connectivity index (χ3n) is 4.61. The van der Waals surface area contributed by atoms with Crippen molar-refractivity contribution in [2.45, 2.75) is 33.4 Å². The number of benzene rings is 1. The Balaban J connectivity index is 2.22. The van der Waals surface area contributed by atoms with Gasteiger partial charge in [-0.25, -0.2) is 14.2 Å². The van der Waals surface area contributed by atoms with E-state index in [4.69, 9.17) is 21.4 Å². The van der Waals surface area contributed by atoms with Gasteiger partial charge in [-0.3, -0.25) is 14.2 Å². The van der Waals surface area contributed by atoms with Gasteiger partial charge >= 0.3 is 17.6 Å². The summed E-state index contributed by atoms with van der Waals surface area (Å²) in [5.74, 6) is -1.91. The van der Waals surface area contributed by atoms with Crippen LogP contribution < -0.4 is 11.2 Å². The van der Waals surface area contributed by atoms with E-state index in [2.05, 4.69) is 0 Å². The first-order chi connectivity index (χ1) is 14.3. The zero-order valence-corrected chi connectivity index (χ0v) is 17.9. The Morgan fingerprint density at radius 3 is 2.53 bits per heavy atom. The summed E-state index contributed by atoms with van der Waals surface area (Å²) in [6.07, 6.45) is 0.381. The van der Waals surface area contributed by atoms with E-state index in [1.807, 2.05) is 12.1 Å². The average molecular weight is 451 g/mol. The van der Waals surface area contributed by atoms with Gasteiger partial charge in [0.2, 0.25) is 0 Å². The molecule has 0 aliphatic rings. The number of aryl methyl sites for hydroxylation is 3. The van der Waals surface area contributed by atoms with Gasteiger partial charge in [0.1, 0.15) is 16.3 Å². The highest BCUT2D eigenvalue weighted by Crippen LogP contribution is 2.29. The van der Waals surface area contributed by atoms with E-state index in [0.29, 0.717) is 26.4 Å². The molecule has 3 rings (SSSR count). The summed E-state index contributed by atoms with van der Waals surface area (Å²) >= 11 is 7.19. The molecule has 0 aliphatic carbocycles. The van der Waals surface area contributed by atoms with Gasteiger partial charge in [-0.2, -0.15) is 0 Å². The molecule has 8 nitrogen and oxygen atoms in total. The van der Waals surface area contributed by atoms with Gasteiger partial charge in [-0.15, -0.1) is 11.3 Å². The van der Waals surface area contributed by atoms with E-state index in [0.717, 1.165) is 16.9 Å². The second-order valence-corrected chi connectivity index (χ2v) is 7.92. The van der Waals surface area contributed by atoms with Gasteiger partial charge in [0, 0.05) is 11.6 Å². The number of ether oxygens (including phenoxy) is 1. The Morgan fingerprint density at radius 1 is 1.20 bits per heavy atom. The number of fused-ring (bicyclic) bond motifs is 1. The molecule has 0 atom stereocenters. The van der Waals surface area contributed by atoms with Gasteiger partial charge in [-0.05, 0) is 37.5 Å². The molecule has 2 heterocycles. The molecule has 1 aromatic carbocycles. The number of carboxylic acids is 1. The van der Waals surface area contributed by atoms with Gasteiger partial charge in [0.05, 0.1) is 12.0 Å². The van der Waals surface area contributed by atoms with E-state index in [9.17, 15) is 19.2 Å². The van der Waals surface area contributed by atoms with E-state index >= 15 is 0 Å². The molecule has 0 saturated heterocycles. The number of carbonyl (C=O) groups is 2. The van der Waals surface area contributed by atoms with Crippen LogP contribution >= 0.6 is 22.9 Å². The van der Waals surface area contributed by atoms with Crippen molar-refractivity contribution in [3.63, 3.8) is 0 Å². The zero-order chi connectivity index (χ0) is 22.0. The second-order valence-electron chi connectivity index (χ2n) is 6.52. The minimum absolute atomic E-state index is 0.142. The molecule has 0 unspecified atom stereocenters. The van der Waals surface area contributed by atoms with E-state index in [-0.39, 0.29) is 23.4 Å². The lowest BCUT2D eigenvalue weighted by Gasteiger charge is -2.11. The van der Waals surface area contributed by atoms with Crippen LogP contribution in [0.3, 0.4) is 0 Å². The standard InChI is InChI=1S/C20H19ClN2O6S/c1-3-29-19(27)16-11(2)15-17(26)23(10-14(24)25)20(28)22(18(15)30-16)9-8-12-6-4-5-7-13(12)21/h4-7H,3,8-10H2,1-2H3,(H,24,25). The lowest BCUT2D eigenvalue weighted by molar-refractivity contribution is -0.137. The monoisotopic (exact) mass is 450 g/mol. The minimum Gasteiger partial charge on any atom is -0.480 e. The molecule has 3 aromatic rings. The van der Waals surface area contributed by atoms with Crippen molar-refractivity contribution in [1.29, 1.82) is 0 Å². The molecule has 10 heteroatoms. The molecule has 0 radical (unpaired) electrons. The minimum atomic E-state index is -1.32. The van der Waals surface area contributed by atoms with Gasteiger partial charge < -0.3 is 9.84 Å². The highest BCUT2D eigenvalue weighted by Gasteiger charge is 2.24. The number of hydrogen-bond donors (Lipinski definition) is 1. The van der Waals surface area contributed by atoms with Crippen molar-refractivity contribution in [2.24, 2.45) is 0 Å². The molecule has 0 spiro atoms. The first-order valence-corrected chi connectivity index (χ1v) is 10.3. The average Bonchev–Trinajstić information content (AvgIpc) is 3.03. The Morgan fingerprint density at radius 2 is 1.90 bits per heavy atom. The molecule has 0 bridgehead atoms. The molecule has 0 saturated carbocycles. The predicted octanol–water partition coefficient (Wildman–Crippen LogP) is 2.69. The molecular weight excluding hydrogens is 432 g/mol. The number of carboxylic acid groups (broad SMARTS) is 1. The Kier molecular flexibility index (Phi) is 6.42. The maximum atomic E-state index is 13.0. The Bertz CT molecular complexity index is 1260. The van der Waals surface area contributed by atoms with Crippen LogP contribution in [-0.4, -0.2) is 32.8 Å². The van der Waals surface area contributed by atoms with Crippen LogP contribution in [0.15, 0.2) is 33.9 Å². The molecule has 0 fully saturated rings. The summed E-state index contributed by atoms with van der Waals surface area (Å²) in [4.78, 5) is 49.9. The first kappa shape index (κ1) is 21.8. The maximum Gasteiger partial charge on any atom is 0.348 e. The summed E-state index contributed by atoms with van der Waals surface area (Å²) < 4.78 is 7.05. The summed E-state index contributed by atoms with van der Waals surface area (Å²) in [5, 5.41) is 9.84. The van der Waals surface area contributed by atoms with E-state index in [1.165, 1.54) is 4.57 Å². The number of nitrogens with zero attached hydrogens (tertiary/aromatic N) is 2. The fourth-order valence-electron chi connectivity index (χ4n) is 3.19. The summed E-state index contributed by atoms with van der Waals surface area (Å²) in [7, 11) is 0. The van der Waals surface area contributed by atoms with Crippen LogP contribution in [0.4, 0.5) is 0 Å². The summed E-state index contributed by atoms with van der Waals surface area (Å²) in [6, 6.07) is 7.16. The SMILES string of the molecule is CCOC(=O)c1sc2c(c1C)c(=O)n(CC(=O)O)c(=O)n2CCc1ccccc1Cl. The van der Waals surface area contributed by atoms with Crippen molar-refractivity contribution in [3.8, 4) is 0 Å². The largest absolute Gasteiger partial charge is 0.480 e.